The first-order chi connectivity index (χ1) is 16.8. The maximum Gasteiger partial charge on any atom is 0.419 e. The number of oxazole rings is 1. The van der Waals surface area contributed by atoms with Crippen LogP contribution >= 0.6 is 0 Å². The van der Waals surface area contributed by atoms with Crippen molar-refractivity contribution >= 4 is 34.3 Å². The van der Waals surface area contributed by atoms with Gasteiger partial charge in [0.15, 0.2) is 5.58 Å². The van der Waals surface area contributed by atoms with E-state index in [1.54, 1.807) is 44.3 Å². The molecule has 2 heterocycles. The number of likely N-dealkylation sites (N-methyl/N-ethyl adjacent to an activating group) is 1. The molecule has 1 aromatic heterocycles. The molecule has 4 rings (SSSR count). The van der Waals surface area contributed by atoms with Gasteiger partial charge in [-0.15, -0.1) is 0 Å². The van der Waals surface area contributed by atoms with E-state index in [1.807, 2.05) is 36.1 Å². The number of carbonyl (C=O) groups is 2. The number of fused-ring (bicyclic) bond motifs is 1. The van der Waals surface area contributed by atoms with Gasteiger partial charge in [-0.3, -0.25) is 19.1 Å². The van der Waals surface area contributed by atoms with Crippen LogP contribution in [-0.4, -0.2) is 79.6 Å². The number of carbonyl (C=O) groups excluding carboxylic acids is 2. The zero-order valence-electron chi connectivity index (χ0n) is 20.5. The second-order valence-corrected chi connectivity index (χ2v) is 8.71. The molecule has 0 bridgehead atoms. The molecule has 3 aromatic rings. The van der Waals surface area contributed by atoms with Gasteiger partial charge in [0.25, 0.3) is 0 Å². The van der Waals surface area contributed by atoms with Crippen molar-refractivity contribution in [1.29, 1.82) is 0 Å². The first kappa shape index (κ1) is 24.3. The van der Waals surface area contributed by atoms with Gasteiger partial charge in [0.2, 0.25) is 11.8 Å². The summed E-state index contributed by atoms with van der Waals surface area (Å²) in [4.78, 5) is 43.4. The van der Waals surface area contributed by atoms with E-state index in [-0.39, 0.29) is 18.4 Å². The number of anilines is 2. The summed E-state index contributed by atoms with van der Waals surface area (Å²) >= 11 is 0. The Morgan fingerprint density at radius 2 is 1.89 bits per heavy atom. The van der Waals surface area contributed by atoms with E-state index in [2.05, 4.69) is 10.2 Å². The van der Waals surface area contributed by atoms with Crippen LogP contribution in [0.1, 0.15) is 6.92 Å². The van der Waals surface area contributed by atoms with Gasteiger partial charge in [0.1, 0.15) is 11.8 Å². The highest BCUT2D eigenvalue weighted by Crippen LogP contribution is 2.23. The van der Waals surface area contributed by atoms with Crippen molar-refractivity contribution in [2.24, 2.45) is 0 Å². The normalized spacial score (nSPS) is 16.3. The molecule has 10 nitrogen and oxygen atoms in total. The summed E-state index contributed by atoms with van der Waals surface area (Å²) < 4.78 is 12.1. The quantitative estimate of drug-likeness (QED) is 0.550. The monoisotopic (exact) mass is 481 g/mol. The molecular weight excluding hydrogens is 450 g/mol. The molecule has 0 spiro atoms. The van der Waals surface area contributed by atoms with Crippen molar-refractivity contribution in [3.05, 3.63) is 53.0 Å². The summed E-state index contributed by atoms with van der Waals surface area (Å²) in [6, 6.07) is 12.4. The molecule has 0 aliphatic carbocycles. The van der Waals surface area contributed by atoms with Crippen LogP contribution in [0, 0.1) is 0 Å². The van der Waals surface area contributed by atoms with Crippen LogP contribution in [0.2, 0.25) is 0 Å². The van der Waals surface area contributed by atoms with Crippen molar-refractivity contribution in [3.63, 3.8) is 0 Å². The average Bonchev–Trinajstić information content (AvgIpc) is 3.17. The highest BCUT2D eigenvalue weighted by molar-refractivity contribution is 5.94. The number of benzene rings is 2. The standard InChI is InChI=1S/C25H31N5O5/c1-5-30-20-11-6-17(14-22(20)35-25(30)33)26-23(31)16-29-13-12-28(15-21(29)24(32)27(2)3)18-7-9-19(34-4)10-8-18/h6-11,14,21H,5,12-13,15-16H2,1-4H3,(H,26,31)/t21-/m1/s1. The Morgan fingerprint density at radius 3 is 2.54 bits per heavy atom. The Bertz CT molecular complexity index is 1260. The lowest BCUT2D eigenvalue weighted by molar-refractivity contribution is -0.135. The maximum absolute atomic E-state index is 13.0. The minimum Gasteiger partial charge on any atom is -0.497 e. The van der Waals surface area contributed by atoms with E-state index in [9.17, 15) is 14.4 Å². The Balaban J connectivity index is 1.46. The molecule has 1 aliphatic heterocycles. The topological polar surface area (TPSA) is 100 Å². The molecule has 0 radical (unpaired) electrons. The smallest absolute Gasteiger partial charge is 0.419 e. The molecule has 1 atom stereocenters. The van der Waals surface area contributed by atoms with Gasteiger partial charge in [-0.1, -0.05) is 0 Å². The third-order valence-corrected chi connectivity index (χ3v) is 6.27. The first-order valence-corrected chi connectivity index (χ1v) is 11.6. The minimum atomic E-state index is -0.467. The van der Waals surface area contributed by atoms with Crippen LogP contribution in [-0.2, 0) is 16.1 Å². The largest absolute Gasteiger partial charge is 0.497 e. The molecule has 186 valence electrons. The van der Waals surface area contributed by atoms with Gasteiger partial charge < -0.3 is 24.3 Å². The molecule has 1 saturated heterocycles. The molecule has 10 heteroatoms. The molecule has 0 saturated carbocycles. The van der Waals surface area contributed by atoms with Crippen LogP contribution < -0.4 is 20.7 Å². The van der Waals surface area contributed by atoms with E-state index in [0.29, 0.717) is 43.0 Å². The zero-order valence-corrected chi connectivity index (χ0v) is 20.5. The van der Waals surface area contributed by atoms with E-state index in [4.69, 9.17) is 9.15 Å². The molecule has 0 unspecified atom stereocenters. The van der Waals surface area contributed by atoms with Gasteiger partial charge >= 0.3 is 5.76 Å². The molecule has 35 heavy (non-hydrogen) atoms. The second-order valence-electron chi connectivity index (χ2n) is 8.71. The summed E-state index contributed by atoms with van der Waals surface area (Å²) in [5, 5.41) is 2.87. The first-order valence-electron chi connectivity index (χ1n) is 11.6. The molecule has 2 amide bonds. The van der Waals surface area contributed by atoms with E-state index in [0.717, 1.165) is 11.4 Å². The highest BCUT2D eigenvalue weighted by Gasteiger charge is 2.34. The number of nitrogens with zero attached hydrogens (tertiary/aromatic N) is 4. The average molecular weight is 482 g/mol. The summed E-state index contributed by atoms with van der Waals surface area (Å²) in [6.07, 6.45) is 0. The Labute approximate surface area is 203 Å². The zero-order chi connectivity index (χ0) is 25.1. The highest BCUT2D eigenvalue weighted by atomic mass is 16.5. The molecular formula is C25H31N5O5. The van der Waals surface area contributed by atoms with Crippen molar-refractivity contribution < 1.29 is 18.7 Å². The molecule has 2 aromatic carbocycles. The lowest BCUT2D eigenvalue weighted by Crippen LogP contribution is -2.60. The Morgan fingerprint density at radius 1 is 1.14 bits per heavy atom. The third-order valence-electron chi connectivity index (χ3n) is 6.27. The van der Waals surface area contributed by atoms with E-state index in [1.165, 1.54) is 4.57 Å². The SMILES string of the molecule is CCn1c(=O)oc2cc(NC(=O)CN3CCN(c4ccc(OC)cc4)C[C@@H]3C(=O)N(C)C)ccc21. The maximum atomic E-state index is 13.0. The van der Waals surface area contributed by atoms with E-state index < -0.39 is 11.8 Å². The fraction of sp³-hybridized carbons (Fsp3) is 0.400. The predicted molar refractivity (Wildman–Crippen MR) is 134 cm³/mol. The number of aryl methyl sites for hydroxylation is 1. The van der Waals surface area contributed by atoms with Gasteiger partial charge in [0.05, 0.1) is 19.2 Å². The van der Waals surface area contributed by atoms with Gasteiger partial charge in [-0.2, -0.15) is 0 Å². The fourth-order valence-electron chi connectivity index (χ4n) is 4.40. The summed E-state index contributed by atoms with van der Waals surface area (Å²) in [5.74, 6) is 0.0515. The number of nitrogens with one attached hydrogen (secondary N) is 1. The summed E-state index contributed by atoms with van der Waals surface area (Å²) in [6.45, 7) is 4.14. The molecule has 1 aliphatic rings. The number of piperazine rings is 1. The number of rotatable bonds is 7. The Hall–Kier alpha value is -3.79. The number of hydrogen-bond acceptors (Lipinski definition) is 7. The van der Waals surface area contributed by atoms with Crippen molar-refractivity contribution in [2.75, 3.05) is 57.6 Å². The lowest BCUT2D eigenvalue weighted by atomic mass is 10.1. The van der Waals surface area contributed by atoms with Crippen LogP contribution in [0.5, 0.6) is 5.75 Å². The number of methoxy groups -OCH3 is 1. The number of hydrogen-bond donors (Lipinski definition) is 1. The van der Waals surface area contributed by atoms with Gasteiger partial charge in [-0.05, 0) is 43.3 Å². The third kappa shape index (κ3) is 5.17. The summed E-state index contributed by atoms with van der Waals surface area (Å²) in [7, 11) is 5.07. The number of amides is 2. The van der Waals surface area contributed by atoms with Crippen LogP contribution in [0.4, 0.5) is 11.4 Å². The molecule has 1 fully saturated rings. The minimum absolute atomic E-state index is 0.0555. The van der Waals surface area contributed by atoms with Crippen LogP contribution in [0.15, 0.2) is 51.7 Å². The Kier molecular flexibility index (Phi) is 7.11. The van der Waals surface area contributed by atoms with Crippen LogP contribution in [0.3, 0.4) is 0 Å². The second kappa shape index (κ2) is 10.2. The van der Waals surface area contributed by atoms with Crippen molar-refractivity contribution in [1.82, 2.24) is 14.4 Å². The lowest BCUT2D eigenvalue weighted by Gasteiger charge is -2.42. The molecule has 1 N–H and O–H groups in total. The van der Waals surface area contributed by atoms with E-state index >= 15 is 0 Å². The van der Waals surface area contributed by atoms with Crippen LogP contribution in [0.25, 0.3) is 11.1 Å². The predicted octanol–water partition coefficient (Wildman–Crippen LogP) is 1.84. The van der Waals surface area contributed by atoms with Gasteiger partial charge in [-0.25, -0.2) is 4.79 Å². The summed E-state index contributed by atoms with van der Waals surface area (Å²) in [5.41, 5.74) is 2.64. The number of ether oxygens (including phenoxy) is 1. The number of aromatic nitrogens is 1. The fourth-order valence-corrected chi connectivity index (χ4v) is 4.40. The van der Waals surface area contributed by atoms with Crippen molar-refractivity contribution in [2.45, 2.75) is 19.5 Å². The van der Waals surface area contributed by atoms with Crippen molar-refractivity contribution in [3.8, 4) is 5.75 Å². The van der Waals surface area contributed by atoms with Gasteiger partial charge in [0, 0.05) is 57.7 Å².